The number of hydrogen-bond acceptors (Lipinski definition) is 6. The molecule has 180 valence electrons. The zero-order chi connectivity index (χ0) is 25.2. The summed E-state index contributed by atoms with van der Waals surface area (Å²) in [7, 11) is -1.11. The maximum Gasteiger partial charge on any atom is 0.244 e. The number of amides is 1. The van der Waals surface area contributed by atoms with Crippen molar-refractivity contribution in [1.82, 2.24) is 4.57 Å². The number of rotatable bonds is 7. The summed E-state index contributed by atoms with van der Waals surface area (Å²) in [6, 6.07) is 17.8. The van der Waals surface area contributed by atoms with E-state index in [4.69, 9.17) is 9.47 Å². The topological polar surface area (TPSA) is 104 Å². The average molecular weight is 493 g/mol. The fourth-order valence-electron chi connectivity index (χ4n) is 3.72. The van der Waals surface area contributed by atoms with Gasteiger partial charge in [-0.2, -0.15) is 0 Å². The number of anilines is 1. The molecule has 0 radical (unpaired) electrons. The number of aryl methyl sites for hydroxylation is 1. The van der Waals surface area contributed by atoms with Crippen LogP contribution >= 0.6 is 0 Å². The molecule has 0 saturated heterocycles. The number of pyridine rings is 1. The van der Waals surface area contributed by atoms with E-state index in [0.29, 0.717) is 22.7 Å². The van der Waals surface area contributed by atoms with E-state index in [9.17, 15) is 18.0 Å². The largest absolute Gasteiger partial charge is 0.497 e. The Kier molecular flexibility index (Phi) is 6.61. The van der Waals surface area contributed by atoms with E-state index in [1.54, 1.807) is 54.6 Å². The van der Waals surface area contributed by atoms with Crippen LogP contribution in [0.1, 0.15) is 5.56 Å². The van der Waals surface area contributed by atoms with E-state index in [-0.39, 0.29) is 16.8 Å². The lowest BCUT2D eigenvalue weighted by Crippen LogP contribution is -2.24. The quantitative estimate of drug-likeness (QED) is 0.421. The van der Waals surface area contributed by atoms with Crippen molar-refractivity contribution >= 4 is 32.3 Å². The second-order valence-corrected chi connectivity index (χ2v) is 9.85. The highest BCUT2D eigenvalue weighted by atomic mass is 32.2. The van der Waals surface area contributed by atoms with Gasteiger partial charge in [0.25, 0.3) is 0 Å². The van der Waals surface area contributed by atoms with Gasteiger partial charge in [0.2, 0.25) is 21.2 Å². The van der Waals surface area contributed by atoms with Gasteiger partial charge in [-0.05, 0) is 31.2 Å². The maximum absolute atomic E-state index is 13.3. The van der Waals surface area contributed by atoms with Crippen molar-refractivity contribution in [3.05, 3.63) is 88.7 Å². The molecule has 0 aliphatic heterocycles. The number of benzene rings is 3. The Labute approximate surface area is 202 Å². The molecular weight excluding hydrogens is 468 g/mol. The Morgan fingerprint density at radius 3 is 2.20 bits per heavy atom. The van der Waals surface area contributed by atoms with Crippen LogP contribution < -0.4 is 20.2 Å². The van der Waals surface area contributed by atoms with Crippen LogP contribution in [0, 0.1) is 6.92 Å². The first-order valence-electron chi connectivity index (χ1n) is 10.7. The number of nitrogens with zero attached hydrogens (tertiary/aromatic N) is 1. The minimum atomic E-state index is -4.11. The summed E-state index contributed by atoms with van der Waals surface area (Å²) in [5.74, 6) is 0.577. The van der Waals surface area contributed by atoms with Crippen molar-refractivity contribution in [3.8, 4) is 11.5 Å². The second kappa shape index (κ2) is 9.63. The predicted molar refractivity (Wildman–Crippen MR) is 133 cm³/mol. The van der Waals surface area contributed by atoms with Gasteiger partial charge < -0.3 is 19.4 Å². The Balaban J connectivity index is 1.76. The SMILES string of the molecule is COc1cc(NC(=O)Cn2cc(S(=O)(=O)c3ccc(C)cc3)c(=O)c3ccccc32)cc(OC)c1. The van der Waals surface area contributed by atoms with Crippen LogP contribution in [0.25, 0.3) is 10.9 Å². The number of carbonyl (C=O) groups excluding carboxylic acids is 1. The van der Waals surface area contributed by atoms with E-state index in [0.717, 1.165) is 5.56 Å². The fourth-order valence-corrected chi connectivity index (χ4v) is 5.09. The van der Waals surface area contributed by atoms with Gasteiger partial charge >= 0.3 is 0 Å². The van der Waals surface area contributed by atoms with Crippen molar-refractivity contribution in [1.29, 1.82) is 0 Å². The van der Waals surface area contributed by atoms with E-state index in [1.807, 2.05) is 6.92 Å². The zero-order valence-electron chi connectivity index (χ0n) is 19.4. The van der Waals surface area contributed by atoms with Crippen molar-refractivity contribution in [2.45, 2.75) is 23.3 Å². The lowest BCUT2D eigenvalue weighted by molar-refractivity contribution is -0.116. The fraction of sp³-hybridized carbons (Fsp3) is 0.154. The molecule has 0 bridgehead atoms. The third-order valence-corrected chi connectivity index (χ3v) is 7.29. The molecule has 9 heteroatoms. The van der Waals surface area contributed by atoms with Crippen molar-refractivity contribution in [3.63, 3.8) is 0 Å². The zero-order valence-corrected chi connectivity index (χ0v) is 20.3. The Bertz CT molecular complexity index is 1550. The second-order valence-electron chi connectivity index (χ2n) is 7.93. The first-order chi connectivity index (χ1) is 16.7. The molecule has 3 aromatic carbocycles. The van der Waals surface area contributed by atoms with Crippen LogP contribution in [0.5, 0.6) is 11.5 Å². The van der Waals surface area contributed by atoms with Gasteiger partial charge in [-0.15, -0.1) is 0 Å². The van der Waals surface area contributed by atoms with Crippen LogP contribution in [0.4, 0.5) is 5.69 Å². The molecule has 0 spiro atoms. The van der Waals surface area contributed by atoms with Gasteiger partial charge in [0.05, 0.1) is 24.6 Å². The molecule has 4 rings (SSSR count). The molecule has 4 aromatic rings. The summed E-state index contributed by atoms with van der Waals surface area (Å²) >= 11 is 0. The number of fused-ring (bicyclic) bond motifs is 1. The smallest absolute Gasteiger partial charge is 0.244 e. The minimum Gasteiger partial charge on any atom is -0.497 e. The highest BCUT2D eigenvalue weighted by molar-refractivity contribution is 7.91. The summed E-state index contributed by atoms with van der Waals surface area (Å²) in [5, 5.41) is 2.97. The Morgan fingerprint density at radius 2 is 1.57 bits per heavy atom. The Morgan fingerprint density at radius 1 is 0.943 bits per heavy atom. The van der Waals surface area contributed by atoms with Crippen LogP contribution in [0.3, 0.4) is 0 Å². The number of hydrogen-bond donors (Lipinski definition) is 1. The number of para-hydroxylation sites is 1. The van der Waals surface area contributed by atoms with Crippen LogP contribution in [-0.4, -0.2) is 33.1 Å². The van der Waals surface area contributed by atoms with Gasteiger partial charge in [0.1, 0.15) is 22.9 Å². The molecule has 35 heavy (non-hydrogen) atoms. The standard InChI is InChI=1S/C26H24N2O6S/c1-17-8-10-21(11-9-17)35(31,32)24-15-28(23-7-5-4-6-22(23)26(24)30)16-25(29)27-18-12-19(33-2)14-20(13-18)34-3/h4-15H,16H2,1-3H3,(H,27,29). The van der Waals surface area contributed by atoms with Gasteiger partial charge in [-0.1, -0.05) is 29.8 Å². The first kappa shape index (κ1) is 24.0. The molecule has 0 fully saturated rings. The normalized spacial score (nSPS) is 11.3. The van der Waals surface area contributed by atoms with E-state index >= 15 is 0 Å². The van der Waals surface area contributed by atoms with Gasteiger partial charge in [-0.25, -0.2) is 8.42 Å². The molecule has 1 aromatic heterocycles. The molecule has 8 nitrogen and oxygen atoms in total. The number of sulfone groups is 1. The molecule has 0 aliphatic carbocycles. The molecule has 1 N–H and O–H groups in total. The van der Waals surface area contributed by atoms with Crippen LogP contribution in [0.15, 0.2) is 87.5 Å². The van der Waals surface area contributed by atoms with Gasteiger partial charge in [-0.3, -0.25) is 9.59 Å². The number of ether oxygens (including phenoxy) is 2. The van der Waals surface area contributed by atoms with E-state index in [2.05, 4.69) is 5.32 Å². The third-order valence-electron chi connectivity index (χ3n) is 5.52. The summed E-state index contributed by atoms with van der Waals surface area (Å²) in [6.07, 6.45) is 1.23. The maximum atomic E-state index is 13.3. The summed E-state index contributed by atoms with van der Waals surface area (Å²) in [5.41, 5.74) is 1.17. The number of carbonyl (C=O) groups is 1. The van der Waals surface area contributed by atoms with Crippen molar-refractivity contribution in [2.24, 2.45) is 0 Å². The molecule has 0 unspecified atom stereocenters. The van der Waals surface area contributed by atoms with E-state index < -0.39 is 26.1 Å². The number of methoxy groups -OCH3 is 2. The Hall–Kier alpha value is -4.11. The van der Waals surface area contributed by atoms with Gasteiger partial charge in [0, 0.05) is 35.5 Å². The monoisotopic (exact) mass is 492 g/mol. The molecule has 0 saturated carbocycles. The summed E-state index contributed by atoms with van der Waals surface area (Å²) < 4.78 is 38.6. The third kappa shape index (κ3) is 4.90. The molecule has 1 heterocycles. The number of nitrogens with one attached hydrogen (secondary N) is 1. The summed E-state index contributed by atoms with van der Waals surface area (Å²) in [4.78, 5) is 25.7. The predicted octanol–water partition coefficient (Wildman–Crippen LogP) is 3.80. The lowest BCUT2D eigenvalue weighted by Gasteiger charge is -2.15. The highest BCUT2D eigenvalue weighted by Crippen LogP contribution is 2.26. The molecule has 1 amide bonds. The first-order valence-corrected chi connectivity index (χ1v) is 12.2. The van der Waals surface area contributed by atoms with Crippen molar-refractivity contribution < 1.29 is 22.7 Å². The highest BCUT2D eigenvalue weighted by Gasteiger charge is 2.24. The number of aromatic nitrogens is 1. The van der Waals surface area contributed by atoms with Crippen molar-refractivity contribution in [2.75, 3.05) is 19.5 Å². The summed E-state index contributed by atoms with van der Waals surface area (Å²) in [6.45, 7) is 1.62. The minimum absolute atomic E-state index is 0.00922. The molecule has 0 aliphatic rings. The van der Waals surface area contributed by atoms with E-state index in [1.165, 1.54) is 37.1 Å². The van der Waals surface area contributed by atoms with Gasteiger partial charge in [0.15, 0.2) is 0 Å². The molecular formula is C26H24N2O6S. The van der Waals surface area contributed by atoms with Crippen LogP contribution in [-0.2, 0) is 21.2 Å². The molecule has 0 atom stereocenters. The van der Waals surface area contributed by atoms with Crippen LogP contribution in [0.2, 0.25) is 0 Å². The lowest BCUT2D eigenvalue weighted by atomic mass is 10.2. The average Bonchev–Trinajstić information content (AvgIpc) is 2.85.